The Bertz CT molecular complexity index is 866. The monoisotopic (exact) mass is 345 g/mol. The molecule has 0 aliphatic carbocycles. The molecule has 0 fully saturated rings. The molecule has 0 saturated heterocycles. The molecule has 24 heavy (non-hydrogen) atoms. The molecule has 2 heterocycles. The van der Waals surface area contributed by atoms with Crippen LogP contribution in [0.15, 0.2) is 23.6 Å². The fraction of sp³-hybridized carbons (Fsp3) is 0.312. The van der Waals surface area contributed by atoms with E-state index in [9.17, 15) is 19.7 Å². The van der Waals surface area contributed by atoms with Crippen molar-refractivity contribution in [3.05, 3.63) is 55.5 Å². The number of benzene rings is 1. The number of nitrogens with zero attached hydrogens (tertiary/aromatic N) is 3. The first-order chi connectivity index (χ1) is 11.2. The standard InChI is InChI=1S/C16H15N3O4S/c1-16(2,3)15-17-9(8-24-15)7-18-13(20)10-5-4-6-11(19(22)23)12(10)14(18)21/h4-6,8H,7H2,1-3H3. The molecule has 1 aliphatic heterocycles. The number of imide groups is 1. The quantitative estimate of drug-likeness (QED) is 0.484. The summed E-state index contributed by atoms with van der Waals surface area (Å²) in [6, 6.07) is 4.07. The molecule has 2 amide bonds. The first-order valence-electron chi connectivity index (χ1n) is 7.28. The smallest absolute Gasteiger partial charge is 0.269 e. The third-order valence-corrected chi connectivity index (χ3v) is 5.00. The number of hydrogen-bond acceptors (Lipinski definition) is 6. The van der Waals surface area contributed by atoms with Crippen LogP contribution < -0.4 is 0 Å². The highest BCUT2D eigenvalue weighted by molar-refractivity contribution is 7.09. The van der Waals surface area contributed by atoms with Crippen LogP contribution in [0.5, 0.6) is 0 Å². The lowest BCUT2D eigenvalue weighted by Gasteiger charge is -2.14. The maximum Gasteiger partial charge on any atom is 0.282 e. The number of carbonyl (C=O) groups is 2. The van der Waals surface area contributed by atoms with E-state index in [4.69, 9.17) is 0 Å². The van der Waals surface area contributed by atoms with Gasteiger partial charge in [-0.2, -0.15) is 0 Å². The first-order valence-corrected chi connectivity index (χ1v) is 8.16. The lowest BCUT2D eigenvalue weighted by molar-refractivity contribution is -0.385. The van der Waals surface area contributed by atoms with Crippen molar-refractivity contribution in [1.29, 1.82) is 0 Å². The highest BCUT2D eigenvalue weighted by atomic mass is 32.1. The van der Waals surface area contributed by atoms with Gasteiger partial charge in [0.2, 0.25) is 0 Å². The summed E-state index contributed by atoms with van der Waals surface area (Å²) in [4.78, 5) is 40.9. The summed E-state index contributed by atoms with van der Waals surface area (Å²) in [5.74, 6) is -1.17. The average molecular weight is 345 g/mol. The molecule has 0 N–H and O–H groups in total. The van der Waals surface area contributed by atoms with E-state index in [1.54, 1.807) is 5.38 Å². The lowest BCUT2D eigenvalue weighted by Crippen LogP contribution is -2.29. The maximum absolute atomic E-state index is 12.5. The second-order valence-electron chi connectivity index (χ2n) is 6.55. The van der Waals surface area contributed by atoms with Crippen LogP contribution in [-0.2, 0) is 12.0 Å². The van der Waals surface area contributed by atoms with Crippen LogP contribution in [0.3, 0.4) is 0 Å². The normalized spacial score (nSPS) is 14.2. The summed E-state index contributed by atoms with van der Waals surface area (Å²) >= 11 is 1.47. The summed E-state index contributed by atoms with van der Waals surface area (Å²) < 4.78 is 0. The number of amides is 2. The van der Waals surface area contributed by atoms with E-state index in [0.717, 1.165) is 9.91 Å². The summed E-state index contributed by atoms with van der Waals surface area (Å²) in [7, 11) is 0. The Morgan fingerprint density at radius 1 is 1.25 bits per heavy atom. The van der Waals surface area contributed by atoms with Crippen molar-refractivity contribution in [1.82, 2.24) is 9.88 Å². The lowest BCUT2D eigenvalue weighted by atomic mass is 9.98. The van der Waals surface area contributed by atoms with Crippen LogP contribution >= 0.6 is 11.3 Å². The van der Waals surface area contributed by atoms with E-state index in [1.807, 2.05) is 20.8 Å². The predicted molar refractivity (Wildman–Crippen MR) is 88.1 cm³/mol. The Morgan fingerprint density at radius 2 is 1.96 bits per heavy atom. The van der Waals surface area contributed by atoms with Crippen molar-refractivity contribution in [3.63, 3.8) is 0 Å². The van der Waals surface area contributed by atoms with Gasteiger partial charge in [-0.25, -0.2) is 4.98 Å². The van der Waals surface area contributed by atoms with Crippen molar-refractivity contribution in [3.8, 4) is 0 Å². The molecule has 1 aromatic heterocycles. The number of carbonyl (C=O) groups excluding carboxylic acids is 2. The molecule has 8 heteroatoms. The average Bonchev–Trinajstić information content (AvgIpc) is 3.07. The van der Waals surface area contributed by atoms with Crippen LogP contribution in [0.25, 0.3) is 0 Å². The third kappa shape index (κ3) is 2.58. The SMILES string of the molecule is CC(C)(C)c1nc(CN2C(=O)c3cccc([N+](=O)[O-])c3C2=O)cs1. The largest absolute Gasteiger partial charge is 0.282 e. The van der Waals surface area contributed by atoms with Crippen LogP contribution in [0.2, 0.25) is 0 Å². The van der Waals surface area contributed by atoms with Gasteiger partial charge in [0, 0.05) is 16.9 Å². The molecular formula is C16H15N3O4S. The second kappa shape index (κ2) is 5.48. The van der Waals surface area contributed by atoms with E-state index < -0.39 is 16.7 Å². The van der Waals surface area contributed by atoms with Gasteiger partial charge in [-0.15, -0.1) is 11.3 Å². The summed E-state index contributed by atoms with van der Waals surface area (Å²) in [6.07, 6.45) is 0. The van der Waals surface area contributed by atoms with Crippen molar-refractivity contribution in [2.24, 2.45) is 0 Å². The molecule has 0 bridgehead atoms. The van der Waals surface area contributed by atoms with E-state index >= 15 is 0 Å². The number of nitro groups is 1. The van der Waals surface area contributed by atoms with Crippen LogP contribution in [0, 0.1) is 10.1 Å². The molecule has 0 unspecified atom stereocenters. The fourth-order valence-corrected chi connectivity index (χ4v) is 3.40. The zero-order chi connectivity index (χ0) is 17.6. The van der Waals surface area contributed by atoms with Crippen LogP contribution in [-0.4, -0.2) is 26.6 Å². The topological polar surface area (TPSA) is 93.4 Å². The van der Waals surface area contributed by atoms with Gasteiger partial charge in [0.15, 0.2) is 0 Å². The van der Waals surface area contributed by atoms with Gasteiger partial charge in [-0.3, -0.25) is 24.6 Å². The van der Waals surface area contributed by atoms with Gasteiger partial charge < -0.3 is 0 Å². The molecule has 7 nitrogen and oxygen atoms in total. The summed E-state index contributed by atoms with van der Waals surface area (Å²) in [6.45, 7) is 6.10. The molecule has 0 spiro atoms. The molecule has 0 saturated carbocycles. The zero-order valence-corrected chi connectivity index (χ0v) is 14.2. The van der Waals surface area contributed by atoms with Crippen molar-refractivity contribution in [2.45, 2.75) is 32.7 Å². The van der Waals surface area contributed by atoms with Gasteiger partial charge in [0.25, 0.3) is 17.5 Å². The molecule has 1 aromatic carbocycles. The van der Waals surface area contributed by atoms with Gasteiger partial charge in [0.05, 0.1) is 27.7 Å². The molecule has 1 aliphatic rings. The second-order valence-corrected chi connectivity index (χ2v) is 7.41. The van der Waals surface area contributed by atoms with Crippen molar-refractivity contribution >= 4 is 28.8 Å². The number of thiazole rings is 1. The Morgan fingerprint density at radius 3 is 2.54 bits per heavy atom. The molecule has 0 atom stereocenters. The molecule has 124 valence electrons. The van der Waals surface area contributed by atoms with Crippen molar-refractivity contribution < 1.29 is 14.5 Å². The highest BCUT2D eigenvalue weighted by Crippen LogP contribution is 2.32. The number of hydrogen-bond donors (Lipinski definition) is 0. The molecule has 3 rings (SSSR count). The molecule has 2 aromatic rings. The van der Waals surface area contributed by atoms with E-state index in [1.165, 1.54) is 29.5 Å². The number of nitro benzene ring substituents is 1. The van der Waals surface area contributed by atoms with Gasteiger partial charge in [-0.1, -0.05) is 26.8 Å². The first kappa shape index (κ1) is 16.3. The fourth-order valence-electron chi connectivity index (χ4n) is 2.50. The maximum atomic E-state index is 12.5. The highest BCUT2D eigenvalue weighted by Gasteiger charge is 2.41. The Labute approximate surface area is 142 Å². The van der Waals surface area contributed by atoms with E-state index in [0.29, 0.717) is 5.69 Å². The Balaban J connectivity index is 1.93. The van der Waals surface area contributed by atoms with Gasteiger partial charge in [0.1, 0.15) is 5.56 Å². The summed E-state index contributed by atoms with van der Waals surface area (Å²) in [5.41, 5.74) is 0.0623. The van der Waals surface area contributed by atoms with Crippen molar-refractivity contribution in [2.75, 3.05) is 0 Å². The Hall–Kier alpha value is -2.61. The van der Waals surface area contributed by atoms with E-state index in [2.05, 4.69) is 4.98 Å². The molecule has 0 radical (unpaired) electrons. The third-order valence-electron chi connectivity index (χ3n) is 3.69. The molecular weight excluding hydrogens is 330 g/mol. The van der Waals surface area contributed by atoms with Gasteiger partial charge >= 0.3 is 0 Å². The predicted octanol–water partition coefficient (Wildman–Crippen LogP) is 3.15. The minimum absolute atomic E-state index is 0.0100. The Kier molecular flexibility index (Phi) is 3.71. The minimum Gasteiger partial charge on any atom is -0.269 e. The number of rotatable bonds is 3. The van der Waals surface area contributed by atoms with Crippen LogP contribution in [0.4, 0.5) is 5.69 Å². The van der Waals surface area contributed by atoms with Crippen LogP contribution in [0.1, 0.15) is 52.2 Å². The van der Waals surface area contributed by atoms with Gasteiger partial charge in [-0.05, 0) is 6.07 Å². The number of aromatic nitrogens is 1. The zero-order valence-electron chi connectivity index (χ0n) is 13.4. The van der Waals surface area contributed by atoms with E-state index in [-0.39, 0.29) is 28.8 Å². The minimum atomic E-state index is -0.646. The summed E-state index contributed by atoms with van der Waals surface area (Å²) in [5, 5.41) is 13.8. The number of fused-ring (bicyclic) bond motifs is 1.